The average molecular weight is 231 g/mol. The Balaban J connectivity index is 2.68. The number of rotatable bonds is 3. The molecular weight excluding hydrogens is 219 g/mol. The van der Waals surface area contributed by atoms with E-state index < -0.39 is 0 Å². The Hall–Kier alpha value is -0.370. The first-order chi connectivity index (χ1) is 5.74. The minimum absolute atomic E-state index is 0.162. The monoisotopic (exact) mass is 230 g/mol. The van der Waals surface area contributed by atoms with Gasteiger partial charge in [-0.05, 0) is 30.0 Å². The molecule has 0 aliphatic carbocycles. The van der Waals surface area contributed by atoms with Crippen molar-refractivity contribution in [3.63, 3.8) is 0 Å². The lowest BCUT2D eigenvalue weighted by molar-refractivity contribution is 0.625. The van der Waals surface area contributed by atoms with E-state index in [-0.39, 0.29) is 5.82 Å². The lowest BCUT2D eigenvalue weighted by Gasteiger charge is -2.08. The molecule has 0 aromatic heterocycles. The molecule has 0 saturated heterocycles. The van der Waals surface area contributed by atoms with Crippen molar-refractivity contribution in [1.29, 1.82) is 0 Å². The van der Waals surface area contributed by atoms with Crippen molar-refractivity contribution >= 4 is 15.9 Å². The number of alkyl halides is 1. The van der Waals surface area contributed by atoms with E-state index in [9.17, 15) is 4.39 Å². The van der Waals surface area contributed by atoms with E-state index in [4.69, 9.17) is 0 Å². The summed E-state index contributed by atoms with van der Waals surface area (Å²) in [6.07, 6.45) is 1.09. The first kappa shape index (κ1) is 9.72. The van der Waals surface area contributed by atoms with Crippen molar-refractivity contribution in [2.45, 2.75) is 19.3 Å². The van der Waals surface area contributed by atoms with Gasteiger partial charge >= 0.3 is 0 Å². The van der Waals surface area contributed by atoms with Gasteiger partial charge < -0.3 is 0 Å². The van der Waals surface area contributed by atoms with E-state index in [1.165, 1.54) is 17.7 Å². The van der Waals surface area contributed by atoms with E-state index >= 15 is 0 Å². The lowest BCUT2D eigenvalue weighted by atomic mass is 9.99. The van der Waals surface area contributed by atoms with Gasteiger partial charge in [0.15, 0.2) is 0 Å². The van der Waals surface area contributed by atoms with E-state index in [0.717, 1.165) is 11.8 Å². The molecule has 1 atom stereocenters. The van der Waals surface area contributed by atoms with Crippen LogP contribution in [0.1, 0.15) is 24.8 Å². The minimum atomic E-state index is -0.162. The van der Waals surface area contributed by atoms with Crippen LogP contribution in [0.2, 0.25) is 0 Å². The molecule has 0 bridgehead atoms. The fraction of sp³-hybridized carbons (Fsp3) is 0.400. The fourth-order valence-corrected chi connectivity index (χ4v) is 1.81. The van der Waals surface area contributed by atoms with Crippen LogP contribution in [0.15, 0.2) is 24.3 Å². The Bertz CT molecular complexity index is 230. The SMILES string of the molecule is CC(CCBr)c1ccc(F)cc1. The highest BCUT2D eigenvalue weighted by Gasteiger charge is 2.03. The third-order valence-corrected chi connectivity index (χ3v) is 2.44. The van der Waals surface area contributed by atoms with Gasteiger partial charge in [0.05, 0.1) is 0 Å². The molecule has 1 aromatic rings. The fourth-order valence-electron chi connectivity index (χ4n) is 1.12. The third-order valence-electron chi connectivity index (χ3n) is 1.98. The molecule has 66 valence electrons. The summed E-state index contributed by atoms with van der Waals surface area (Å²) < 4.78 is 12.5. The van der Waals surface area contributed by atoms with Gasteiger partial charge in [0.2, 0.25) is 0 Å². The molecule has 0 radical (unpaired) electrons. The van der Waals surface area contributed by atoms with E-state index in [1.807, 2.05) is 12.1 Å². The van der Waals surface area contributed by atoms with Crippen LogP contribution in [0, 0.1) is 5.82 Å². The predicted molar refractivity (Wildman–Crippen MR) is 53.2 cm³/mol. The van der Waals surface area contributed by atoms with Crippen LogP contribution in [-0.2, 0) is 0 Å². The zero-order valence-corrected chi connectivity index (χ0v) is 8.64. The summed E-state index contributed by atoms with van der Waals surface area (Å²) in [5, 5.41) is 0.992. The lowest BCUT2D eigenvalue weighted by Crippen LogP contribution is -1.93. The maximum atomic E-state index is 12.5. The number of hydrogen-bond acceptors (Lipinski definition) is 0. The Kier molecular flexibility index (Phi) is 3.73. The average Bonchev–Trinajstić information content (AvgIpc) is 2.06. The molecular formula is C10H12BrF. The first-order valence-corrected chi connectivity index (χ1v) is 5.17. The maximum absolute atomic E-state index is 12.5. The molecule has 0 aliphatic rings. The molecule has 1 unspecified atom stereocenters. The summed E-state index contributed by atoms with van der Waals surface area (Å²) in [5.74, 6) is 0.342. The van der Waals surface area contributed by atoms with Gasteiger partial charge in [0.25, 0.3) is 0 Å². The molecule has 12 heavy (non-hydrogen) atoms. The van der Waals surface area contributed by atoms with Crippen LogP contribution >= 0.6 is 15.9 Å². The van der Waals surface area contributed by atoms with Crippen molar-refractivity contribution in [2.75, 3.05) is 5.33 Å². The summed E-state index contributed by atoms with van der Waals surface area (Å²) >= 11 is 3.39. The van der Waals surface area contributed by atoms with Gasteiger partial charge in [-0.15, -0.1) is 0 Å². The Morgan fingerprint density at radius 1 is 1.33 bits per heavy atom. The minimum Gasteiger partial charge on any atom is -0.207 e. The molecule has 0 amide bonds. The summed E-state index contributed by atoms with van der Waals surface area (Å²) in [5.41, 5.74) is 1.20. The molecule has 0 saturated carbocycles. The van der Waals surface area contributed by atoms with Gasteiger partial charge in [0, 0.05) is 5.33 Å². The smallest absolute Gasteiger partial charge is 0.123 e. The van der Waals surface area contributed by atoms with Gasteiger partial charge in [-0.3, -0.25) is 0 Å². The van der Waals surface area contributed by atoms with Gasteiger partial charge in [0.1, 0.15) is 5.82 Å². The van der Waals surface area contributed by atoms with Crippen LogP contribution in [0.4, 0.5) is 4.39 Å². The standard InChI is InChI=1S/C10H12BrF/c1-8(6-7-11)9-2-4-10(12)5-3-9/h2-5,8H,6-7H2,1H3. The van der Waals surface area contributed by atoms with Gasteiger partial charge in [-0.25, -0.2) is 4.39 Å². The van der Waals surface area contributed by atoms with Crippen molar-refractivity contribution in [1.82, 2.24) is 0 Å². The summed E-state index contributed by atoms with van der Waals surface area (Å²) in [4.78, 5) is 0. The molecule has 0 spiro atoms. The van der Waals surface area contributed by atoms with E-state index in [0.29, 0.717) is 5.92 Å². The molecule has 1 rings (SSSR count). The van der Waals surface area contributed by atoms with Crippen LogP contribution in [-0.4, -0.2) is 5.33 Å². The molecule has 1 aromatic carbocycles. The topological polar surface area (TPSA) is 0 Å². The largest absolute Gasteiger partial charge is 0.207 e. The van der Waals surface area contributed by atoms with E-state index in [1.54, 1.807) is 0 Å². The van der Waals surface area contributed by atoms with Crippen molar-refractivity contribution in [3.8, 4) is 0 Å². The molecule has 0 fully saturated rings. The number of halogens is 2. The van der Waals surface area contributed by atoms with Gasteiger partial charge in [-0.2, -0.15) is 0 Å². The molecule has 0 N–H and O–H groups in total. The second-order valence-electron chi connectivity index (χ2n) is 2.93. The Labute approximate surface area is 80.9 Å². The Morgan fingerprint density at radius 2 is 1.92 bits per heavy atom. The van der Waals surface area contributed by atoms with Crippen LogP contribution in [0.5, 0.6) is 0 Å². The second-order valence-corrected chi connectivity index (χ2v) is 3.72. The molecule has 0 aliphatic heterocycles. The second kappa shape index (κ2) is 4.61. The third kappa shape index (κ3) is 2.59. The first-order valence-electron chi connectivity index (χ1n) is 4.05. The summed E-state index contributed by atoms with van der Waals surface area (Å²) in [6, 6.07) is 6.73. The van der Waals surface area contributed by atoms with Gasteiger partial charge in [-0.1, -0.05) is 35.0 Å². The zero-order chi connectivity index (χ0) is 8.97. The number of hydrogen-bond donors (Lipinski definition) is 0. The molecule has 0 heterocycles. The van der Waals surface area contributed by atoms with E-state index in [2.05, 4.69) is 22.9 Å². The normalized spacial score (nSPS) is 12.9. The summed E-state index contributed by atoms with van der Waals surface area (Å²) in [6.45, 7) is 2.15. The van der Waals surface area contributed by atoms with Crippen molar-refractivity contribution in [2.24, 2.45) is 0 Å². The Morgan fingerprint density at radius 3 is 2.42 bits per heavy atom. The highest BCUT2D eigenvalue weighted by Crippen LogP contribution is 2.19. The number of benzene rings is 1. The highest BCUT2D eigenvalue weighted by atomic mass is 79.9. The predicted octanol–water partition coefficient (Wildman–Crippen LogP) is 3.71. The molecule has 0 nitrogen and oxygen atoms in total. The van der Waals surface area contributed by atoms with Crippen molar-refractivity contribution in [3.05, 3.63) is 35.6 Å². The van der Waals surface area contributed by atoms with Crippen LogP contribution in [0.3, 0.4) is 0 Å². The maximum Gasteiger partial charge on any atom is 0.123 e. The zero-order valence-electron chi connectivity index (χ0n) is 7.06. The van der Waals surface area contributed by atoms with Crippen molar-refractivity contribution < 1.29 is 4.39 Å². The summed E-state index contributed by atoms with van der Waals surface area (Å²) in [7, 11) is 0. The molecule has 2 heteroatoms. The van der Waals surface area contributed by atoms with Crippen LogP contribution in [0.25, 0.3) is 0 Å². The van der Waals surface area contributed by atoms with Crippen LogP contribution < -0.4 is 0 Å². The quantitative estimate of drug-likeness (QED) is 0.695. The highest BCUT2D eigenvalue weighted by molar-refractivity contribution is 9.09.